The number of rotatable bonds is 6. The molecule has 9 heteroatoms. The highest BCUT2D eigenvalue weighted by molar-refractivity contribution is 7.91. The van der Waals surface area contributed by atoms with Gasteiger partial charge in [-0.15, -0.1) is 0 Å². The van der Waals surface area contributed by atoms with Crippen LogP contribution in [0.4, 0.5) is 4.39 Å². The highest BCUT2D eigenvalue weighted by Gasteiger charge is 2.21. The molecule has 1 aromatic carbocycles. The lowest BCUT2D eigenvalue weighted by atomic mass is 10.1. The highest BCUT2D eigenvalue weighted by atomic mass is 32.2. The van der Waals surface area contributed by atoms with Gasteiger partial charge in [0.25, 0.3) is 0 Å². The fraction of sp³-hybridized carbons (Fsp3) is 0.500. The van der Waals surface area contributed by atoms with Gasteiger partial charge in [0.2, 0.25) is 0 Å². The Kier molecular flexibility index (Phi) is 6.20. The molecule has 7 nitrogen and oxygen atoms in total. The summed E-state index contributed by atoms with van der Waals surface area (Å²) < 4.78 is 42.4. The normalized spacial score (nSPS) is 16.0. The van der Waals surface area contributed by atoms with E-state index in [0.29, 0.717) is 0 Å². The van der Waals surface area contributed by atoms with Crippen LogP contribution in [0.3, 0.4) is 0 Å². The summed E-state index contributed by atoms with van der Waals surface area (Å²) in [7, 11) is -3.60. The monoisotopic (exact) mass is 395 g/mol. The highest BCUT2D eigenvalue weighted by Crippen LogP contribution is 2.18. The summed E-state index contributed by atoms with van der Waals surface area (Å²) in [5.41, 5.74) is 0. The van der Waals surface area contributed by atoms with Gasteiger partial charge >= 0.3 is 11.8 Å². The molecule has 0 unspecified atom stereocenters. The van der Waals surface area contributed by atoms with Crippen molar-refractivity contribution in [3.05, 3.63) is 41.8 Å². The van der Waals surface area contributed by atoms with E-state index in [1.54, 1.807) is 0 Å². The van der Waals surface area contributed by atoms with E-state index in [1.165, 1.54) is 25.0 Å². The lowest BCUT2D eigenvalue weighted by molar-refractivity contribution is 0.0889. The van der Waals surface area contributed by atoms with Crippen molar-refractivity contribution in [1.29, 1.82) is 0 Å². The average molecular weight is 395 g/mol. The van der Waals surface area contributed by atoms with Gasteiger partial charge in [0.05, 0.1) is 10.6 Å². The van der Waals surface area contributed by atoms with Crippen LogP contribution < -0.4 is 5.32 Å². The minimum Gasteiger partial charge on any atom is -0.345 e. The molecule has 1 fully saturated rings. The van der Waals surface area contributed by atoms with Gasteiger partial charge in [-0.1, -0.05) is 30.8 Å². The molecule has 0 atom stereocenters. The van der Waals surface area contributed by atoms with Crippen LogP contribution in [0.2, 0.25) is 0 Å². The minimum atomic E-state index is -3.60. The van der Waals surface area contributed by atoms with Crippen LogP contribution in [-0.4, -0.2) is 36.3 Å². The number of nitrogens with zero attached hydrogens (tertiary/aromatic N) is 2. The molecule has 1 saturated carbocycles. The second-order valence-electron chi connectivity index (χ2n) is 6.70. The SMILES string of the molecule is O=C(NC1CCCCCC1)c1nc(CCS(=O)(=O)c2ccc(F)cc2)no1. The summed E-state index contributed by atoms with van der Waals surface area (Å²) >= 11 is 0. The fourth-order valence-corrected chi connectivity index (χ4v) is 4.34. The first-order valence-corrected chi connectivity index (χ1v) is 10.7. The van der Waals surface area contributed by atoms with E-state index in [0.717, 1.165) is 37.8 Å². The number of amides is 1. The predicted molar refractivity (Wildman–Crippen MR) is 95.4 cm³/mol. The van der Waals surface area contributed by atoms with Crippen LogP contribution in [0.15, 0.2) is 33.7 Å². The first kappa shape index (κ1) is 19.5. The Balaban J connectivity index is 1.57. The molecule has 146 valence electrons. The summed E-state index contributed by atoms with van der Waals surface area (Å²) in [6.45, 7) is 0. The summed E-state index contributed by atoms with van der Waals surface area (Å²) in [5.74, 6) is -1.21. The second-order valence-corrected chi connectivity index (χ2v) is 8.81. The Bertz CT molecular complexity index is 872. The van der Waals surface area contributed by atoms with Crippen LogP contribution in [-0.2, 0) is 16.3 Å². The van der Waals surface area contributed by atoms with Gasteiger partial charge in [0.15, 0.2) is 15.7 Å². The third-order valence-corrected chi connectivity index (χ3v) is 6.35. The van der Waals surface area contributed by atoms with Crippen molar-refractivity contribution in [3.8, 4) is 0 Å². The zero-order valence-electron chi connectivity index (χ0n) is 14.9. The summed E-state index contributed by atoms with van der Waals surface area (Å²) in [5, 5.41) is 6.59. The van der Waals surface area contributed by atoms with Gasteiger partial charge in [-0.05, 0) is 37.1 Å². The maximum absolute atomic E-state index is 12.9. The predicted octanol–water partition coefficient (Wildman–Crippen LogP) is 2.68. The molecule has 1 aromatic heterocycles. The second kappa shape index (κ2) is 8.60. The molecule has 1 heterocycles. The smallest absolute Gasteiger partial charge is 0.315 e. The van der Waals surface area contributed by atoms with Gasteiger partial charge in [-0.25, -0.2) is 12.8 Å². The average Bonchev–Trinajstić information content (AvgIpc) is 2.98. The van der Waals surface area contributed by atoms with Crippen LogP contribution >= 0.6 is 0 Å². The van der Waals surface area contributed by atoms with Crippen molar-refractivity contribution in [2.45, 2.75) is 55.9 Å². The summed E-state index contributed by atoms with van der Waals surface area (Å²) in [4.78, 5) is 16.3. The molecule has 1 N–H and O–H groups in total. The lowest BCUT2D eigenvalue weighted by Gasteiger charge is -2.14. The molecule has 27 heavy (non-hydrogen) atoms. The molecule has 1 aliphatic carbocycles. The molecule has 0 spiro atoms. The van der Waals surface area contributed by atoms with Gasteiger partial charge in [0.1, 0.15) is 5.82 Å². The number of sulfone groups is 1. The van der Waals surface area contributed by atoms with Crippen molar-refractivity contribution in [3.63, 3.8) is 0 Å². The Morgan fingerprint density at radius 1 is 1.15 bits per heavy atom. The quantitative estimate of drug-likeness (QED) is 0.596. The number of benzene rings is 1. The van der Waals surface area contributed by atoms with Crippen LogP contribution in [0.5, 0.6) is 0 Å². The van der Waals surface area contributed by atoms with Crippen LogP contribution in [0, 0.1) is 5.82 Å². The Morgan fingerprint density at radius 3 is 2.48 bits per heavy atom. The molecule has 2 aromatic rings. The standard InChI is InChI=1S/C18H22FN3O4S/c19-13-7-9-15(10-8-13)27(24,25)12-11-16-21-18(26-22-16)17(23)20-14-5-3-1-2-4-6-14/h7-10,14H,1-6,11-12H2,(H,20,23). The number of aryl methyl sites for hydroxylation is 1. The number of hydrogen-bond donors (Lipinski definition) is 1. The largest absolute Gasteiger partial charge is 0.345 e. The maximum atomic E-state index is 12.9. The van der Waals surface area contributed by atoms with Crippen LogP contribution in [0.1, 0.15) is 55.0 Å². The number of halogens is 1. The van der Waals surface area contributed by atoms with E-state index in [2.05, 4.69) is 15.5 Å². The van der Waals surface area contributed by atoms with E-state index in [-0.39, 0.29) is 34.8 Å². The summed E-state index contributed by atoms with van der Waals surface area (Å²) in [6, 6.07) is 4.72. The zero-order chi connectivity index (χ0) is 19.3. The molecule has 0 aliphatic heterocycles. The van der Waals surface area contributed by atoms with Gasteiger partial charge in [0, 0.05) is 12.5 Å². The topological polar surface area (TPSA) is 102 Å². The van der Waals surface area contributed by atoms with Crippen molar-refractivity contribution in [1.82, 2.24) is 15.5 Å². The van der Waals surface area contributed by atoms with Crippen molar-refractivity contribution < 1.29 is 22.1 Å². The van der Waals surface area contributed by atoms with E-state index in [1.807, 2.05) is 0 Å². The number of aromatic nitrogens is 2. The molecular weight excluding hydrogens is 373 g/mol. The first-order valence-electron chi connectivity index (χ1n) is 9.06. The fourth-order valence-electron chi connectivity index (χ4n) is 3.10. The summed E-state index contributed by atoms with van der Waals surface area (Å²) in [6.07, 6.45) is 6.40. The number of nitrogens with one attached hydrogen (secondary N) is 1. The minimum absolute atomic E-state index is 0.0000810. The Hall–Kier alpha value is -2.29. The number of carbonyl (C=O) groups is 1. The third-order valence-electron chi connectivity index (χ3n) is 4.62. The van der Waals surface area contributed by atoms with Gasteiger partial charge in [-0.3, -0.25) is 4.79 Å². The molecule has 0 saturated heterocycles. The van der Waals surface area contributed by atoms with Crippen molar-refractivity contribution in [2.75, 3.05) is 5.75 Å². The van der Waals surface area contributed by atoms with Gasteiger partial charge in [-0.2, -0.15) is 4.98 Å². The Morgan fingerprint density at radius 2 is 1.81 bits per heavy atom. The molecule has 1 amide bonds. The zero-order valence-corrected chi connectivity index (χ0v) is 15.7. The maximum Gasteiger partial charge on any atom is 0.315 e. The molecule has 0 radical (unpaired) electrons. The van der Waals surface area contributed by atoms with E-state index in [4.69, 9.17) is 4.52 Å². The first-order chi connectivity index (χ1) is 12.9. The Labute approximate surface area is 157 Å². The van der Waals surface area contributed by atoms with E-state index in [9.17, 15) is 17.6 Å². The number of carbonyl (C=O) groups excluding carboxylic acids is 1. The third kappa shape index (κ3) is 5.35. The number of hydrogen-bond acceptors (Lipinski definition) is 6. The van der Waals surface area contributed by atoms with Crippen molar-refractivity contribution >= 4 is 15.7 Å². The van der Waals surface area contributed by atoms with Gasteiger partial charge < -0.3 is 9.84 Å². The lowest BCUT2D eigenvalue weighted by Crippen LogP contribution is -2.34. The molecule has 3 rings (SSSR count). The van der Waals surface area contributed by atoms with Crippen LogP contribution in [0.25, 0.3) is 0 Å². The van der Waals surface area contributed by atoms with E-state index >= 15 is 0 Å². The van der Waals surface area contributed by atoms with Crippen molar-refractivity contribution in [2.24, 2.45) is 0 Å². The van der Waals surface area contributed by atoms with E-state index < -0.39 is 21.6 Å². The molecule has 0 bridgehead atoms. The molecule has 1 aliphatic rings. The molecular formula is C18H22FN3O4S.